The van der Waals surface area contributed by atoms with Crippen LogP contribution >= 0.6 is 15.9 Å². The van der Waals surface area contributed by atoms with Gasteiger partial charge in [-0.05, 0) is 35.2 Å². The van der Waals surface area contributed by atoms with Gasteiger partial charge in [-0.15, -0.1) is 0 Å². The van der Waals surface area contributed by atoms with Crippen molar-refractivity contribution in [3.8, 4) is 11.5 Å². The molecular weight excluding hydrogens is 366 g/mol. The summed E-state index contributed by atoms with van der Waals surface area (Å²) < 4.78 is 11.2. The van der Waals surface area contributed by atoms with Crippen LogP contribution in [0.5, 0.6) is 11.5 Å². The van der Waals surface area contributed by atoms with Crippen LogP contribution in [0.15, 0.2) is 16.6 Å². The number of benzene rings is 1. The summed E-state index contributed by atoms with van der Waals surface area (Å²) in [5.41, 5.74) is 0.560. The number of hydrogen-bond acceptors (Lipinski definition) is 4. The molecule has 23 heavy (non-hydrogen) atoms. The van der Waals surface area contributed by atoms with Crippen molar-refractivity contribution in [1.29, 1.82) is 0 Å². The molecule has 7 heteroatoms. The topological polar surface area (TPSA) is 84.9 Å². The predicted molar refractivity (Wildman–Crippen MR) is 89.0 cm³/mol. The summed E-state index contributed by atoms with van der Waals surface area (Å²) in [7, 11) is 3.06. The average Bonchev–Trinajstić information content (AvgIpc) is 2.56. The Hall–Kier alpha value is -1.76. The molecule has 0 heterocycles. The van der Waals surface area contributed by atoms with Gasteiger partial charge in [0, 0.05) is 23.7 Å². The van der Waals surface area contributed by atoms with Crippen LogP contribution in [-0.4, -0.2) is 31.2 Å². The Bertz CT molecular complexity index is 579. The lowest BCUT2D eigenvalue weighted by molar-refractivity contribution is -0.143. The molecule has 0 bridgehead atoms. The minimum Gasteiger partial charge on any atom is -0.495 e. The molecule has 2 N–H and O–H groups in total. The Morgan fingerprint density at radius 2 is 1.74 bits per heavy atom. The minimum absolute atomic E-state index is 0.164. The molecule has 0 radical (unpaired) electrons. The normalized spacial score (nSPS) is 20.7. The molecule has 0 aromatic heterocycles. The highest BCUT2D eigenvalue weighted by atomic mass is 79.9. The van der Waals surface area contributed by atoms with E-state index in [1.807, 2.05) is 0 Å². The van der Waals surface area contributed by atoms with Gasteiger partial charge in [0.25, 0.3) is 0 Å². The van der Waals surface area contributed by atoms with Gasteiger partial charge in [0.2, 0.25) is 5.91 Å². The number of carboxylic acid groups (broad SMARTS) is 1. The quantitative estimate of drug-likeness (QED) is 0.811. The zero-order chi connectivity index (χ0) is 17.0. The number of nitrogens with one attached hydrogen (secondary N) is 1. The molecule has 1 saturated carbocycles. The number of amides is 1. The fraction of sp³-hybridized carbons (Fsp3) is 0.500. The number of anilines is 1. The van der Waals surface area contributed by atoms with Crippen molar-refractivity contribution < 1.29 is 24.2 Å². The summed E-state index contributed by atoms with van der Waals surface area (Å²) in [5.74, 6) is -0.616. The fourth-order valence-electron chi connectivity index (χ4n) is 2.84. The molecule has 0 aliphatic heterocycles. The van der Waals surface area contributed by atoms with Gasteiger partial charge in [-0.1, -0.05) is 6.42 Å². The van der Waals surface area contributed by atoms with E-state index in [9.17, 15) is 9.59 Å². The second-order valence-corrected chi connectivity index (χ2v) is 6.38. The summed E-state index contributed by atoms with van der Waals surface area (Å²) in [5, 5.41) is 12.0. The van der Waals surface area contributed by atoms with Crippen molar-refractivity contribution in [2.45, 2.75) is 25.7 Å². The largest absolute Gasteiger partial charge is 0.495 e. The molecule has 1 fully saturated rings. The minimum atomic E-state index is -0.825. The lowest BCUT2D eigenvalue weighted by Gasteiger charge is -2.25. The smallest absolute Gasteiger partial charge is 0.306 e. The molecule has 1 amide bonds. The number of carbonyl (C=O) groups excluding carboxylic acids is 1. The van der Waals surface area contributed by atoms with Crippen molar-refractivity contribution in [3.05, 3.63) is 16.6 Å². The molecule has 6 nitrogen and oxygen atoms in total. The number of halogens is 1. The van der Waals surface area contributed by atoms with E-state index in [0.29, 0.717) is 40.9 Å². The molecule has 0 saturated heterocycles. The highest BCUT2D eigenvalue weighted by Crippen LogP contribution is 2.38. The maximum Gasteiger partial charge on any atom is 0.306 e. The summed E-state index contributed by atoms with van der Waals surface area (Å²) in [4.78, 5) is 23.5. The van der Waals surface area contributed by atoms with Crippen LogP contribution in [0.3, 0.4) is 0 Å². The van der Waals surface area contributed by atoms with E-state index in [0.717, 1.165) is 6.42 Å². The predicted octanol–water partition coefficient (Wildman–Crippen LogP) is 3.30. The van der Waals surface area contributed by atoms with Gasteiger partial charge in [-0.3, -0.25) is 9.59 Å². The molecular formula is C16H20BrNO5. The maximum atomic E-state index is 12.4. The first-order valence-corrected chi connectivity index (χ1v) is 8.20. The molecule has 1 aliphatic rings. The van der Waals surface area contributed by atoms with Crippen molar-refractivity contribution in [2.75, 3.05) is 19.5 Å². The summed E-state index contributed by atoms with van der Waals surface area (Å²) >= 11 is 3.37. The third kappa shape index (κ3) is 4.16. The zero-order valence-corrected chi connectivity index (χ0v) is 14.7. The van der Waals surface area contributed by atoms with E-state index >= 15 is 0 Å². The van der Waals surface area contributed by atoms with E-state index in [1.54, 1.807) is 12.1 Å². The van der Waals surface area contributed by atoms with Crippen LogP contribution in [0.2, 0.25) is 0 Å². The number of ether oxygens (including phenoxy) is 2. The number of carboxylic acids is 1. The third-order valence-corrected chi connectivity index (χ3v) is 4.89. The Labute approximate surface area is 143 Å². The summed E-state index contributed by atoms with van der Waals surface area (Å²) in [6.07, 6.45) is 2.48. The van der Waals surface area contributed by atoms with Crippen LogP contribution < -0.4 is 14.8 Å². The average molecular weight is 386 g/mol. The Kier molecular flexibility index (Phi) is 5.87. The van der Waals surface area contributed by atoms with E-state index < -0.39 is 11.9 Å². The summed E-state index contributed by atoms with van der Waals surface area (Å²) in [6.45, 7) is 0. The third-order valence-electron chi connectivity index (χ3n) is 4.11. The first-order chi connectivity index (χ1) is 11.0. The first-order valence-electron chi connectivity index (χ1n) is 7.41. The van der Waals surface area contributed by atoms with Crippen molar-refractivity contribution in [3.63, 3.8) is 0 Å². The number of rotatable bonds is 5. The van der Waals surface area contributed by atoms with E-state index in [4.69, 9.17) is 14.6 Å². The van der Waals surface area contributed by atoms with Gasteiger partial charge in [0.1, 0.15) is 16.0 Å². The van der Waals surface area contributed by atoms with Gasteiger partial charge >= 0.3 is 5.97 Å². The molecule has 2 unspecified atom stereocenters. The highest BCUT2D eigenvalue weighted by Gasteiger charge is 2.31. The fourth-order valence-corrected chi connectivity index (χ4v) is 3.39. The zero-order valence-electron chi connectivity index (χ0n) is 13.1. The maximum absolute atomic E-state index is 12.4. The molecule has 1 aromatic rings. The number of methoxy groups -OCH3 is 2. The van der Waals surface area contributed by atoms with Gasteiger partial charge < -0.3 is 19.9 Å². The lowest BCUT2D eigenvalue weighted by atomic mass is 9.81. The van der Waals surface area contributed by atoms with Gasteiger partial charge in [-0.25, -0.2) is 0 Å². The lowest BCUT2D eigenvalue weighted by Crippen LogP contribution is -2.30. The Morgan fingerprint density at radius 3 is 2.26 bits per heavy atom. The van der Waals surface area contributed by atoms with Crippen LogP contribution in [-0.2, 0) is 9.59 Å². The van der Waals surface area contributed by atoms with Crippen molar-refractivity contribution in [1.82, 2.24) is 0 Å². The van der Waals surface area contributed by atoms with Gasteiger partial charge in [0.15, 0.2) is 0 Å². The number of aliphatic carboxylic acids is 1. The highest BCUT2D eigenvalue weighted by molar-refractivity contribution is 9.10. The van der Waals surface area contributed by atoms with Crippen LogP contribution in [0.1, 0.15) is 25.7 Å². The van der Waals surface area contributed by atoms with Crippen LogP contribution in [0.4, 0.5) is 5.69 Å². The standard InChI is InChI=1S/C16H20BrNO5/c1-22-12-7-11(8-13(23-2)14(12)17)18-15(19)9-4-3-5-10(6-9)16(20)21/h7-10H,3-6H2,1-2H3,(H,18,19)(H,20,21). The molecule has 126 valence electrons. The molecule has 1 aromatic carbocycles. The SMILES string of the molecule is COc1cc(NC(=O)C2CCCC(C(=O)O)C2)cc(OC)c1Br. The second-order valence-electron chi connectivity index (χ2n) is 5.58. The van der Waals surface area contributed by atoms with Crippen molar-refractivity contribution >= 4 is 33.5 Å². The van der Waals surface area contributed by atoms with Gasteiger partial charge in [-0.2, -0.15) is 0 Å². The Balaban J connectivity index is 2.12. The second kappa shape index (κ2) is 7.68. The molecule has 0 spiro atoms. The number of hydrogen-bond donors (Lipinski definition) is 2. The van der Waals surface area contributed by atoms with E-state index in [2.05, 4.69) is 21.2 Å². The van der Waals surface area contributed by atoms with Crippen molar-refractivity contribution in [2.24, 2.45) is 11.8 Å². The first kappa shape index (κ1) is 17.6. The monoisotopic (exact) mass is 385 g/mol. The van der Waals surface area contributed by atoms with Crippen LogP contribution in [0.25, 0.3) is 0 Å². The summed E-state index contributed by atoms with van der Waals surface area (Å²) in [6, 6.07) is 3.39. The van der Waals surface area contributed by atoms with Gasteiger partial charge in [0.05, 0.1) is 20.1 Å². The molecule has 1 aliphatic carbocycles. The molecule has 2 rings (SSSR count). The number of carbonyl (C=O) groups is 2. The molecule has 2 atom stereocenters. The van der Waals surface area contributed by atoms with Crippen LogP contribution in [0, 0.1) is 11.8 Å². The Morgan fingerprint density at radius 1 is 1.17 bits per heavy atom. The van der Waals surface area contributed by atoms with E-state index in [-0.39, 0.29) is 11.8 Å². The van der Waals surface area contributed by atoms with E-state index in [1.165, 1.54) is 14.2 Å².